The molecule has 2 N–H and O–H groups in total. The summed E-state index contributed by atoms with van der Waals surface area (Å²) in [6.45, 7) is 3.70. The van der Waals surface area contributed by atoms with E-state index < -0.39 is 0 Å². The maximum atomic E-state index is 11.9. The molecule has 0 aliphatic rings. The number of aromatic nitrogens is 2. The van der Waals surface area contributed by atoms with Gasteiger partial charge in [0, 0.05) is 23.5 Å². The van der Waals surface area contributed by atoms with Crippen LogP contribution in [0, 0.1) is 13.8 Å². The summed E-state index contributed by atoms with van der Waals surface area (Å²) < 4.78 is 0. The van der Waals surface area contributed by atoms with E-state index in [1.54, 1.807) is 12.1 Å². The molecule has 2 heterocycles. The summed E-state index contributed by atoms with van der Waals surface area (Å²) in [7, 11) is 0. The average molecular weight is 243 g/mol. The van der Waals surface area contributed by atoms with Crippen molar-refractivity contribution in [3.63, 3.8) is 0 Å². The Kier molecular flexibility index (Phi) is 3.23. The molecule has 0 bridgehead atoms. The van der Waals surface area contributed by atoms with Gasteiger partial charge in [-0.1, -0.05) is 0 Å². The standard InChI is InChI=1S/C13H13N3O2/c1-8-3-4-11(9(2)15-8)16-13(18)10-5-6-14-12(17)7-10/h3-7H,1-2H3,(H,14,17)(H,16,18). The summed E-state index contributed by atoms with van der Waals surface area (Å²) in [4.78, 5) is 29.7. The molecule has 0 radical (unpaired) electrons. The summed E-state index contributed by atoms with van der Waals surface area (Å²) >= 11 is 0. The van der Waals surface area contributed by atoms with Crippen LogP contribution >= 0.6 is 0 Å². The first-order valence-electron chi connectivity index (χ1n) is 5.50. The lowest BCUT2D eigenvalue weighted by Gasteiger charge is -2.08. The predicted molar refractivity (Wildman–Crippen MR) is 68.7 cm³/mol. The van der Waals surface area contributed by atoms with Crippen LogP contribution < -0.4 is 10.9 Å². The number of aromatic amines is 1. The Balaban J connectivity index is 2.24. The van der Waals surface area contributed by atoms with E-state index in [0.717, 1.165) is 11.4 Å². The van der Waals surface area contributed by atoms with Crippen LogP contribution in [0.15, 0.2) is 35.3 Å². The van der Waals surface area contributed by atoms with E-state index in [9.17, 15) is 9.59 Å². The quantitative estimate of drug-likeness (QED) is 0.842. The number of rotatable bonds is 2. The molecule has 0 saturated heterocycles. The number of hydrogen-bond donors (Lipinski definition) is 2. The first-order chi connectivity index (χ1) is 8.56. The number of amides is 1. The monoisotopic (exact) mass is 243 g/mol. The summed E-state index contributed by atoms with van der Waals surface area (Å²) in [6, 6.07) is 6.42. The van der Waals surface area contributed by atoms with Crippen LogP contribution in [-0.2, 0) is 0 Å². The van der Waals surface area contributed by atoms with Gasteiger partial charge in [0.05, 0.1) is 11.4 Å². The molecule has 2 aromatic rings. The molecule has 0 unspecified atom stereocenters. The summed E-state index contributed by atoms with van der Waals surface area (Å²) in [5, 5.41) is 2.73. The fourth-order valence-corrected chi connectivity index (χ4v) is 1.60. The molecule has 18 heavy (non-hydrogen) atoms. The van der Waals surface area contributed by atoms with Crippen LogP contribution in [0.3, 0.4) is 0 Å². The molecule has 0 fully saturated rings. The second-order valence-electron chi connectivity index (χ2n) is 3.98. The maximum Gasteiger partial charge on any atom is 0.255 e. The number of hydrogen-bond acceptors (Lipinski definition) is 3. The fourth-order valence-electron chi connectivity index (χ4n) is 1.60. The number of anilines is 1. The first-order valence-corrected chi connectivity index (χ1v) is 5.50. The number of nitrogens with one attached hydrogen (secondary N) is 2. The lowest BCUT2D eigenvalue weighted by Crippen LogP contribution is -2.16. The Hall–Kier alpha value is -2.43. The van der Waals surface area contributed by atoms with Crippen molar-refractivity contribution in [1.82, 2.24) is 9.97 Å². The van der Waals surface area contributed by atoms with Crippen molar-refractivity contribution >= 4 is 11.6 Å². The molecule has 0 aromatic carbocycles. The van der Waals surface area contributed by atoms with Crippen LogP contribution in [0.4, 0.5) is 5.69 Å². The first kappa shape index (κ1) is 12.0. The molecular weight excluding hydrogens is 230 g/mol. The van der Waals surface area contributed by atoms with Gasteiger partial charge in [-0.2, -0.15) is 0 Å². The highest BCUT2D eigenvalue weighted by molar-refractivity contribution is 6.04. The Morgan fingerprint density at radius 3 is 2.72 bits per heavy atom. The SMILES string of the molecule is Cc1ccc(NC(=O)c2cc[nH]c(=O)c2)c(C)n1. The third kappa shape index (κ3) is 2.63. The molecule has 92 valence electrons. The van der Waals surface area contributed by atoms with Gasteiger partial charge in [-0.15, -0.1) is 0 Å². The number of aryl methyl sites for hydroxylation is 2. The zero-order chi connectivity index (χ0) is 13.1. The van der Waals surface area contributed by atoms with Crippen LogP contribution in [0.2, 0.25) is 0 Å². The number of nitrogens with zero attached hydrogens (tertiary/aromatic N) is 1. The van der Waals surface area contributed by atoms with E-state index in [2.05, 4.69) is 15.3 Å². The second kappa shape index (κ2) is 4.83. The minimum Gasteiger partial charge on any atom is -0.329 e. The molecule has 0 aliphatic carbocycles. The highest BCUT2D eigenvalue weighted by Crippen LogP contribution is 2.13. The zero-order valence-electron chi connectivity index (χ0n) is 10.2. The van der Waals surface area contributed by atoms with Gasteiger partial charge in [0.1, 0.15) is 0 Å². The number of H-pyrrole nitrogens is 1. The van der Waals surface area contributed by atoms with Gasteiger partial charge in [0.25, 0.3) is 5.91 Å². The molecule has 2 aromatic heterocycles. The van der Waals surface area contributed by atoms with Crippen molar-refractivity contribution in [2.24, 2.45) is 0 Å². The highest BCUT2D eigenvalue weighted by Gasteiger charge is 2.08. The molecule has 2 rings (SSSR count). The topological polar surface area (TPSA) is 74.8 Å². The van der Waals surface area contributed by atoms with Crippen LogP contribution in [0.25, 0.3) is 0 Å². The lowest BCUT2D eigenvalue weighted by molar-refractivity contribution is 0.102. The van der Waals surface area contributed by atoms with Crippen LogP contribution in [0.1, 0.15) is 21.7 Å². The van der Waals surface area contributed by atoms with Gasteiger partial charge in [0.2, 0.25) is 5.56 Å². The largest absolute Gasteiger partial charge is 0.329 e. The molecule has 5 nitrogen and oxygen atoms in total. The van der Waals surface area contributed by atoms with Gasteiger partial charge >= 0.3 is 0 Å². The normalized spacial score (nSPS) is 10.1. The Morgan fingerprint density at radius 1 is 1.28 bits per heavy atom. The van der Waals surface area contributed by atoms with E-state index in [0.29, 0.717) is 11.3 Å². The van der Waals surface area contributed by atoms with Gasteiger partial charge in [0.15, 0.2) is 0 Å². The smallest absolute Gasteiger partial charge is 0.255 e. The Labute approximate surface area is 104 Å². The van der Waals surface area contributed by atoms with Crippen molar-refractivity contribution in [2.75, 3.05) is 5.32 Å². The van der Waals surface area contributed by atoms with E-state index in [1.807, 2.05) is 19.9 Å². The van der Waals surface area contributed by atoms with Gasteiger partial charge in [-0.05, 0) is 32.0 Å². The molecular formula is C13H13N3O2. The maximum absolute atomic E-state index is 11.9. The minimum absolute atomic E-state index is 0.304. The minimum atomic E-state index is -0.324. The van der Waals surface area contributed by atoms with Crippen LogP contribution in [0.5, 0.6) is 0 Å². The van der Waals surface area contributed by atoms with E-state index in [1.165, 1.54) is 12.3 Å². The summed E-state index contributed by atoms with van der Waals surface area (Å²) in [5.74, 6) is -0.324. The summed E-state index contributed by atoms with van der Waals surface area (Å²) in [5.41, 5.74) is 2.29. The van der Waals surface area contributed by atoms with E-state index >= 15 is 0 Å². The molecule has 0 spiro atoms. The van der Waals surface area contributed by atoms with Gasteiger partial charge in [-0.3, -0.25) is 14.6 Å². The Morgan fingerprint density at radius 2 is 2.06 bits per heavy atom. The third-order valence-corrected chi connectivity index (χ3v) is 2.51. The van der Waals surface area contributed by atoms with Crippen LogP contribution in [-0.4, -0.2) is 15.9 Å². The highest BCUT2D eigenvalue weighted by atomic mass is 16.2. The zero-order valence-corrected chi connectivity index (χ0v) is 10.2. The summed E-state index contributed by atoms with van der Waals surface area (Å²) in [6.07, 6.45) is 1.44. The second-order valence-corrected chi connectivity index (χ2v) is 3.98. The molecule has 0 saturated carbocycles. The van der Waals surface area contributed by atoms with Crippen molar-refractivity contribution in [1.29, 1.82) is 0 Å². The van der Waals surface area contributed by atoms with E-state index in [-0.39, 0.29) is 11.5 Å². The van der Waals surface area contributed by atoms with Crippen molar-refractivity contribution in [3.05, 3.63) is 57.8 Å². The average Bonchev–Trinajstić information content (AvgIpc) is 2.32. The van der Waals surface area contributed by atoms with Crippen molar-refractivity contribution in [2.45, 2.75) is 13.8 Å². The van der Waals surface area contributed by atoms with Gasteiger partial charge < -0.3 is 10.3 Å². The number of carbonyl (C=O) groups excluding carboxylic acids is 1. The van der Waals surface area contributed by atoms with Crippen molar-refractivity contribution < 1.29 is 4.79 Å². The molecule has 0 aliphatic heterocycles. The predicted octanol–water partition coefficient (Wildman–Crippen LogP) is 1.64. The van der Waals surface area contributed by atoms with Gasteiger partial charge in [-0.25, -0.2) is 0 Å². The fraction of sp³-hybridized carbons (Fsp3) is 0.154. The number of carbonyl (C=O) groups is 1. The van der Waals surface area contributed by atoms with Crippen molar-refractivity contribution in [3.8, 4) is 0 Å². The third-order valence-electron chi connectivity index (χ3n) is 2.51. The number of pyridine rings is 2. The lowest BCUT2D eigenvalue weighted by atomic mass is 10.2. The molecule has 5 heteroatoms. The molecule has 0 atom stereocenters. The molecule has 1 amide bonds. The Bertz CT molecular complexity index is 647. The van der Waals surface area contributed by atoms with E-state index in [4.69, 9.17) is 0 Å².